The minimum Gasteiger partial charge on any atom is -0.479 e. The molecule has 88 valence electrons. The van der Waals surface area contributed by atoms with E-state index in [0.29, 0.717) is 12.8 Å². The van der Waals surface area contributed by atoms with E-state index < -0.39 is 11.5 Å². The van der Waals surface area contributed by atoms with Crippen molar-refractivity contribution in [1.82, 2.24) is 9.55 Å². The van der Waals surface area contributed by atoms with Crippen LogP contribution in [0.15, 0.2) is 30.6 Å². The van der Waals surface area contributed by atoms with Crippen molar-refractivity contribution in [1.29, 1.82) is 0 Å². The fourth-order valence-electron chi connectivity index (χ4n) is 2.82. The van der Waals surface area contributed by atoms with Crippen molar-refractivity contribution in [2.24, 2.45) is 0 Å². The maximum absolute atomic E-state index is 11.6. The summed E-state index contributed by atoms with van der Waals surface area (Å²) in [6, 6.07) is 7.69. The molecule has 1 heterocycles. The summed E-state index contributed by atoms with van der Waals surface area (Å²) in [6.45, 7) is 0. The summed E-state index contributed by atoms with van der Waals surface area (Å²) in [6.07, 6.45) is 5.01. The third-order valence-corrected chi connectivity index (χ3v) is 3.74. The van der Waals surface area contributed by atoms with E-state index in [2.05, 4.69) is 4.98 Å². The average molecular weight is 230 g/mol. The Morgan fingerprint density at radius 1 is 1.29 bits per heavy atom. The van der Waals surface area contributed by atoms with Gasteiger partial charge in [-0.15, -0.1) is 0 Å². The van der Waals surface area contributed by atoms with Crippen LogP contribution in [0, 0.1) is 0 Å². The first-order chi connectivity index (χ1) is 8.24. The lowest BCUT2D eigenvalue weighted by Gasteiger charge is -2.26. The fraction of sp³-hybridized carbons (Fsp3) is 0.385. The number of aromatic nitrogens is 2. The first kappa shape index (κ1) is 10.3. The lowest BCUT2D eigenvalue weighted by atomic mass is 9.97. The largest absolute Gasteiger partial charge is 0.479 e. The number of rotatable bonds is 2. The van der Waals surface area contributed by atoms with Gasteiger partial charge < -0.3 is 9.67 Å². The van der Waals surface area contributed by atoms with E-state index in [1.807, 2.05) is 28.8 Å². The zero-order valence-electron chi connectivity index (χ0n) is 9.47. The van der Waals surface area contributed by atoms with E-state index >= 15 is 0 Å². The van der Waals surface area contributed by atoms with Crippen molar-refractivity contribution >= 4 is 17.0 Å². The molecule has 0 atom stereocenters. The number of hydrogen-bond acceptors (Lipinski definition) is 2. The Bertz CT molecular complexity index is 568. The molecule has 1 aromatic carbocycles. The van der Waals surface area contributed by atoms with Gasteiger partial charge in [-0.25, -0.2) is 9.78 Å². The highest BCUT2D eigenvalue weighted by Crippen LogP contribution is 2.38. The van der Waals surface area contributed by atoms with Crippen LogP contribution in [0.1, 0.15) is 25.7 Å². The van der Waals surface area contributed by atoms with Crippen LogP contribution >= 0.6 is 0 Å². The molecule has 4 nitrogen and oxygen atoms in total. The smallest absolute Gasteiger partial charge is 0.329 e. The first-order valence-corrected chi connectivity index (χ1v) is 5.90. The van der Waals surface area contributed by atoms with Gasteiger partial charge in [-0.1, -0.05) is 25.0 Å². The summed E-state index contributed by atoms with van der Waals surface area (Å²) >= 11 is 0. The topological polar surface area (TPSA) is 55.1 Å². The summed E-state index contributed by atoms with van der Waals surface area (Å²) in [5.41, 5.74) is 0.993. The molecule has 2 aromatic rings. The van der Waals surface area contributed by atoms with Gasteiger partial charge in [-0.3, -0.25) is 0 Å². The number of nitrogens with zero attached hydrogens (tertiary/aromatic N) is 2. The van der Waals surface area contributed by atoms with Gasteiger partial charge in [0.15, 0.2) is 0 Å². The Labute approximate surface area is 98.9 Å². The normalized spacial score (nSPS) is 18.6. The molecule has 1 fully saturated rings. The van der Waals surface area contributed by atoms with Crippen molar-refractivity contribution in [2.75, 3.05) is 0 Å². The Kier molecular flexibility index (Phi) is 2.18. The number of fused-ring (bicyclic) bond motifs is 1. The second-order valence-corrected chi connectivity index (χ2v) is 4.65. The average Bonchev–Trinajstić information content (AvgIpc) is 2.95. The number of benzene rings is 1. The molecule has 17 heavy (non-hydrogen) atoms. The number of carbonyl (C=O) groups is 1. The number of imidazole rings is 1. The van der Waals surface area contributed by atoms with Gasteiger partial charge in [-0.2, -0.15) is 0 Å². The van der Waals surface area contributed by atoms with E-state index in [1.54, 1.807) is 6.33 Å². The molecule has 0 aliphatic heterocycles. The molecule has 1 aliphatic carbocycles. The summed E-state index contributed by atoms with van der Waals surface area (Å²) in [5, 5.41) is 9.55. The lowest BCUT2D eigenvalue weighted by molar-refractivity contribution is -0.147. The number of aliphatic carboxylic acids is 1. The summed E-state index contributed by atoms with van der Waals surface area (Å²) in [5.74, 6) is -0.738. The van der Waals surface area contributed by atoms with E-state index in [-0.39, 0.29) is 0 Å². The Morgan fingerprint density at radius 3 is 2.71 bits per heavy atom. The SMILES string of the molecule is O=C(O)C1(n2cnc3ccccc32)CCCC1. The van der Waals surface area contributed by atoms with E-state index in [1.165, 1.54) is 0 Å². The van der Waals surface area contributed by atoms with Crippen LogP contribution in [-0.2, 0) is 10.3 Å². The lowest BCUT2D eigenvalue weighted by Crippen LogP contribution is -2.38. The first-order valence-electron chi connectivity index (χ1n) is 5.90. The predicted octanol–water partition coefficient (Wildman–Crippen LogP) is 2.39. The van der Waals surface area contributed by atoms with Crippen molar-refractivity contribution in [3.63, 3.8) is 0 Å². The third kappa shape index (κ3) is 1.37. The minimum absolute atomic E-state index is 0.697. The molecular formula is C13H14N2O2. The molecule has 0 saturated heterocycles. The fourth-order valence-corrected chi connectivity index (χ4v) is 2.82. The summed E-state index contributed by atoms with van der Waals surface area (Å²) in [4.78, 5) is 15.9. The molecule has 1 aromatic heterocycles. The number of hydrogen-bond donors (Lipinski definition) is 1. The molecule has 3 rings (SSSR count). The minimum atomic E-state index is -0.782. The van der Waals surface area contributed by atoms with E-state index in [4.69, 9.17) is 0 Å². The van der Waals surface area contributed by atoms with Crippen molar-refractivity contribution in [3.8, 4) is 0 Å². The van der Waals surface area contributed by atoms with Crippen LogP contribution in [-0.4, -0.2) is 20.6 Å². The Morgan fingerprint density at radius 2 is 2.00 bits per heavy atom. The zero-order chi connectivity index (χ0) is 11.9. The van der Waals surface area contributed by atoms with Crippen molar-refractivity contribution < 1.29 is 9.90 Å². The van der Waals surface area contributed by atoms with Crippen molar-refractivity contribution in [3.05, 3.63) is 30.6 Å². The molecular weight excluding hydrogens is 216 g/mol. The monoisotopic (exact) mass is 230 g/mol. The highest BCUT2D eigenvalue weighted by Gasteiger charge is 2.43. The number of para-hydroxylation sites is 2. The van der Waals surface area contributed by atoms with Crippen LogP contribution in [0.25, 0.3) is 11.0 Å². The van der Waals surface area contributed by atoms with Gasteiger partial charge in [-0.05, 0) is 25.0 Å². The van der Waals surface area contributed by atoms with Gasteiger partial charge in [0, 0.05) is 0 Å². The molecule has 0 bridgehead atoms. The second-order valence-electron chi connectivity index (χ2n) is 4.65. The summed E-state index contributed by atoms with van der Waals surface area (Å²) < 4.78 is 1.84. The predicted molar refractivity (Wildman–Crippen MR) is 63.8 cm³/mol. The molecule has 4 heteroatoms. The highest BCUT2D eigenvalue weighted by atomic mass is 16.4. The number of carboxylic acid groups (broad SMARTS) is 1. The molecule has 0 spiro atoms. The van der Waals surface area contributed by atoms with Gasteiger partial charge in [0.25, 0.3) is 0 Å². The molecule has 1 N–H and O–H groups in total. The second kappa shape index (κ2) is 3.58. The molecule has 1 aliphatic rings. The zero-order valence-corrected chi connectivity index (χ0v) is 9.47. The van der Waals surface area contributed by atoms with Gasteiger partial charge in [0.1, 0.15) is 5.54 Å². The van der Waals surface area contributed by atoms with Gasteiger partial charge >= 0.3 is 5.97 Å². The summed E-state index contributed by atoms with van der Waals surface area (Å²) in [7, 11) is 0. The van der Waals surface area contributed by atoms with Crippen LogP contribution in [0.3, 0.4) is 0 Å². The van der Waals surface area contributed by atoms with Gasteiger partial charge in [0.2, 0.25) is 0 Å². The highest BCUT2D eigenvalue weighted by molar-refractivity contribution is 5.82. The molecule has 1 saturated carbocycles. The van der Waals surface area contributed by atoms with Crippen LogP contribution in [0.2, 0.25) is 0 Å². The standard InChI is InChI=1S/C13H14N2O2/c16-12(17)13(7-3-4-8-13)15-9-14-10-5-1-2-6-11(10)15/h1-2,5-6,9H,3-4,7-8H2,(H,16,17). The maximum Gasteiger partial charge on any atom is 0.329 e. The van der Waals surface area contributed by atoms with E-state index in [9.17, 15) is 9.90 Å². The van der Waals surface area contributed by atoms with Crippen LogP contribution < -0.4 is 0 Å². The molecule has 0 unspecified atom stereocenters. The van der Waals surface area contributed by atoms with Crippen molar-refractivity contribution in [2.45, 2.75) is 31.2 Å². The Balaban J connectivity index is 2.22. The molecule has 0 amide bonds. The van der Waals surface area contributed by atoms with Gasteiger partial charge in [0.05, 0.1) is 17.4 Å². The number of carboxylic acids is 1. The maximum atomic E-state index is 11.6. The Hall–Kier alpha value is -1.84. The van der Waals surface area contributed by atoms with E-state index in [0.717, 1.165) is 23.9 Å². The van der Waals surface area contributed by atoms with Crippen LogP contribution in [0.4, 0.5) is 0 Å². The van der Waals surface area contributed by atoms with Crippen LogP contribution in [0.5, 0.6) is 0 Å². The third-order valence-electron chi connectivity index (χ3n) is 3.74. The quantitative estimate of drug-likeness (QED) is 0.861. The molecule has 0 radical (unpaired) electrons.